The van der Waals surface area contributed by atoms with E-state index in [2.05, 4.69) is 10.4 Å². The number of halogens is 1. The highest BCUT2D eigenvalue weighted by Gasteiger charge is 2.24. The van der Waals surface area contributed by atoms with Crippen molar-refractivity contribution in [2.24, 2.45) is 7.05 Å². The second-order valence-electron chi connectivity index (χ2n) is 4.84. The van der Waals surface area contributed by atoms with Crippen molar-refractivity contribution in [3.05, 3.63) is 47.5 Å². The van der Waals surface area contributed by atoms with Crippen LogP contribution in [-0.2, 0) is 12.6 Å². The quantitative estimate of drug-likeness (QED) is 0.890. The van der Waals surface area contributed by atoms with Gasteiger partial charge in [0.1, 0.15) is 11.4 Å². The summed E-state index contributed by atoms with van der Waals surface area (Å²) in [7, 11) is 1.76. The fraction of sp³-hybridized carbons (Fsp3) is 0.286. The van der Waals surface area contributed by atoms with Crippen molar-refractivity contribution < 1.29 is 9.50 Å². The molecule has 6 heteroatoms. The number of nitrogens with zero attached hydrogens (tertiary/aromatic N) is 3. The number of nitrogens with one attached hydrogen (secondary N) is 1. The van der Waals surface area contributed by atoms with Crippen molar-refractivity contribution in [3.63, 3.8) is 0 Å². The molecule has 104 valence electrons. The molecular formula is C14H15FN4O. The van der Waals surface area contributed by atoms with E-state index >= 15 is 0 Å². The molecule has 0 bridgehead atoms. The SMILES string of the molecule is Cn1cc(C(C)(O)CNc2ccc(C#N)cc2F)cn1. The van der Waals surface area contributed by atoms with Crippen LogP contribution >= 0.6 is 0 Å². The maximum atomic E-state index is 13.7. The zero-order valence-electron chi connectivity index (χ0n) is 11.3. The van der Waals surface area contributed by atoms with E-state index in [0.717, 1.165) is 6.07 Å². The number of anilines is 1. The van der Waals surface area contributed by atoms with E-state index in [0.29, 0.717) is 5.56 Å². The third-order valence-electron chi connectivity index (χ3n) is 3.05. The van der Waals surface area contributed by atoms with Gasteiger partial charge in [0.25, 0.3) is 0 Å². The van der Waals surface area contributed by atoms with Crippen LogP contribution in [0.4, 0.5) is 10.1 Å². The lowest BCUT2D eigenvalue weighted by atomic mass is 9.99. The number of benzene rings is 1. The molecule has 1 heterocycles. The van der Waals surface area contributed by atoms with Gasteiger partial charge >= 0.3 is 0 Å². The Morgan fingerprint density at radius 2 is 2.30 bits per heavy atom. The van der Waals surface area contributed by atoms with E-state index in [-0.39, 0.29) is 17.8 Å². The predicted octanol–water partition coefficient (Wildman–Crippen LogP) is 1.75. The Balaban J connectivity index is 2.10. The van der Waals surface area contributed by atoms with Gasteiger partial charge in [-0.3, -0.25) is 4.68 Å². The summed E-state index contributed by atoms with van der Waals surface area (Å²) < 4.78 is 15.3. The molecule has 0 radical (unpaired) electrons. The fourth-order valence-electron chi connectivity index (χ4n) is 1.80. The largest absolute Gasteiger partial charge is 0.383 e. The standard InChI is InChI=1S/C14H15FN4O/c1-14(20,11-7-18-19(2)8-11)9-17-13-4-3-10(6-16)5-12(13)15/h3-5,7-8,17,20H,9H2,1-2H3. The van der Waals surface area contributed by atoms with Gasteiger partial charge in [-0.15, -0.1) is 0 Å². The van der Waals surface area contributed by atoms with E-state index in [1.165, 1.54) is 12.1 Å². The monoisotopic (exact) mass is 274 g/mol. The van der Waals surface area contributed by atoms with Crippen molar-refractivity contribution in [3.8, 4) is 6.07 Å². The van der Waals surface area contributed by atoms with Gasteiger partial charge in [-0.2, -0.15) is 10.4 Å². The minimum absolute atomic E-state index is 0.127. The number of aliphatic hydroxyl groups is 1. The van der Waals surface area contributed by atoms with Crippen molar-refractivity contribution >= 4 is 5.69 Å². The van der Waals surface area contributed by atoms with Gasteiger partial charge in [0.15, 0.2) is 0 Å². The summed E-state index contributed by atoms with van der Waals surface area (Å²) in [6, 6.07) is 6.02. The number of nitriles is 1. The Kier molecular flexibility index (Phi) is 3.72. The summed E-state index contributed by atoms with van der Waals surface area (Å²) in [5.74, 6) is -0.522. The summed E-state index contributed by atoms with van der Waals surface area (Å²) in [6.07, 6.45) is 3.27. The van der Waals surface area contributed by atoms with Gasteiger partial charge < -0.3 is 10.4 Å². The molecule has 0 spiro atoms. The van der Waals surface area contributed by atoms with Crippen LogP contribution in [0.2, 0.25) is 0 Å². The van der Waals surface area contributed by atoms with Crippen LogP contribution in [0.1, 0.15) is 18.1 Å². The zero-order valence-corrected chi connectivity index (χ0v) is 11.3. The molecule has 1 unspecified atom stereocenters. The maximum absolute atomic E-state index is 13.7. The lowest BCUT2D eigenvalue weighted by Crippen LogP contribution is -2.30. The first kappa shape index (κ1) is 14.0. The number of aromatic nitrogens is 2. The van der Waals surface area contributed by atoms with Crippen LogP contribution in [-0.4, -0.2) is 21.4 Å². The molecule has 2 rings (SSSR count). The molecule has 0 fully saturated rings. The lowest BCUT2D eigenvalue weighted by Gasteiger charge is -2.23. The molecule has 0 saturated carbocycles. The second kappa shape index (κ2) is 5.31. The molecule has 0 saturated heterocycles. The Hall–Kier alpha value is -2.39. The number of aryl methyl sites for hydroxylation is 1. The molecule has 5 nitrogen and oxygen atoms in total. The first-order chi connectivity index (χ1) is 9.42. The van der Waals surface area contributed by atoms with Gasteiger partial charge in [0, 0.05) is 25.4 Å². The Labute approximate surface area is 116 Å². The van der Waals surface area contributed by atoms with Crippen LogP contribution in [0.5, 0.6) is 0 Å². The van der Waals surface area contributed by atoms with Crippen LogP contribution < -0.4 is 5.32 Å². The van der Waals surface area contributed by atoms with Gasteiger partial charge in [-0.25, -0.2) is 4.39 Å². The van der Waals surface area contributed by atoms with E-state index in [1.807, 2.05) is 6.07 Å². The highest BCUT2D eigenvalue weighted by Crippen LogP contribution is 2.22. The molecule has 2 N–H and O–H groups in total. The molecule has 1 aromatic heterocycles. The van der Waals surface area contributed by atoms with Gasteiger partial charge in [-0.1, -0.05) is 0 Å². The second-order valence-corrected chi connectivity index (χ2v) is 4.84. The smallest absolute Gasteiger partial charge is 0.147 e. The van der Waals surface area contributed by atoms with Crippen LogP contribution in [0.15, 0.2) is 30.6 Å². The highest BCUT2D eigenvalue weighted by atomic mass is 19.1. The Morgan fingerprint density at radius 1 is 1.55 bits per heavy atom. The Bertz CT molecular complexity index is 657. The average Bonchev–Trinajstić information content (AvgIpc) is 2.85. The third kappa shape index (κ3) is 2.95. The molecule has 0 aliphatic carbocycles. The van der Waals surface area contributed by atoms with Crippen LogP contribution in [0.25, 0.3) is 0 Å². The van der Waals surface area contributed by atoms with E-state index in [1.54, 1.807) is 31.0 Å². The average molecular weight is 274 g/mol. The number of hydrogen-bond acceptors (Lipinski definition) is 4. The lowest BCUT2D eigenvalue weighted by molar-refractivity contribution is 0.0714. The summed E-state index contributed by atoms with van der Waals surface area (Å²) in [5.41, 5.74) is -0.0315. The van der Waals surface area contributed by atoms with E-state index in [9.17, 15) is 9.50 Å². The molecule has 1 atom stereocenters. The number of hydrogen-bond donors (Lipinski definition) is 2. The minimum atomic E-state index is -1.17. The van der Waals surface area contributed by atoms with Crippen molar-refractivity contribution in [2.75, 3.05) is 11.9 Å². The molecular weight excluding hydrogens is 259 g/mol. The zero-order chi connectivity index (χ0) is 14.8. The van der Waals surface area contributed by atoms with Crippen LogP contribution in [0.3, 0.4) is 0 Å². The van der Waals surface area contributed by atoms with Gasteiger partial charge in [-0.05, 0) is 25.1 Å². The van der Waals surface area contributed by atoms with Gasteiger partial charge in [0.05, 0.1) is 23.5 Å². The maximum Gasteiger partial charge on any atom is 0.147 e. The van der Waals surface area contributed by atoms with E-state index in [4.69, 9.17) is 5.26 Å². The topological polar surface area (TPSA) is 73.9 Å². The Morgan fingerprint density at radius 3 is 2.85 bits per heavy atom. The molecule has 1 aromatic carbocycles. The molecule has 0 amide bonds. The first-order valence-electron chi connectivity index (χ1n) is 6.07. The predicted molar refractivity (Wildman–Crippen MR) is 72.4 cm³/mol. The molecule has 20 heavy (non-hydrogen) atoms. The van der Waals surface area contributed by atoms with Crippen LogP contribution in [0, 0.1) is 17.1 Å². The molecule has 0 aliphatic heterocycles. The number of rotatable bonds is 4. The van der Waals surface area contributed by atoms with Crippen molar-refractivity contribution in [1.82, 2.24) is 9.78 Å². The third-order valence-corrected chi connectivity index (χ3v) is 3.05. The summed E-state index contributed by atoms with van der Waals surface area (Å²) in [4.78, 5) is 0. The normalized spacial score (nSPS) is 13.6. The summed E-state index contributed by atoms with van der Waals surface area (Å²) >= 11 is 0. The minimum Gasteiger partial charge on any atom is -0.383 e. The highest BCUT2D eigenvalue weighted by molar-refractivity contribution is 5.49. The van der Waals surface area contributed by atoms with Gasteiger partial charge in [0.2, 0.25) is 0 Å². The van der Waals surface area contributed by atoms with Crippen molar-refractivity contribution in [1.29, 1.82) is 5.26 Å². The van der Waals surface area contributed by atoms with Crippen molar-refractivity contribution in [2.45, 2.75) is 12.5 Å². The summed E-state index contributed by atoms with van der Waals surface area (Å²) in [5, 5.41) is 25.9. The molecule has 0 aliphatic rings. The fourth-order valence-corrected chi connectivity index (χ4v) is 1.80. The molecule has 2 aromatic rings. The summed E-state index contributed by atoms with van der Waals surface area (Å²) in [6.45, 7) is 1.75. The first-order valence-corrected chi connectivity index (χ1v) is 6.07. The van der Waals surface area contributed by atoms with E-state index < -0.39 is 11.4 Å².